The monoisotopic (exact) mass is 323 g/mol. The Balaban J connectivity index is 1.71. The van der Waals surface area contributed by atoms with Crippen LogP contribution in [0.4, 0.5) is 5.82 Å². The number of fused-ring (bicyclic) bond motifs is 3. The fourth-order valence-electron chi connectivity index (χ4n) is 3.14. The summed E-state index contributed by atoms with van der Waals surface area (Å²) in [5.74, 6) is 2.12. The minimum atomic E-state index is 0.329. The van der Waals surface area contributed by atoms with E-state index in [0.717, 1.165) is 35.6 Å². The fourth-order valence-corrected chi connectivity index (χ4v) is 3.64. The molecule has 3 saturated heterocycles. The molecule has 4 heterocycles. The highest BCUT2D eigenvalue weighted by molar-refractivity contribution is 9.10. The number of halogens is 1. The van der Waals surface area contributed by atoms with Crippen LogP contribution in [0.25, 0.3) is 0 Å². The van der Waals surface area contributed by atoms with E-state index >= 15 is 0 Å². The van der Waals surface area contributed by atoms with Crippen molar-refractivity contribution in [2.24, 2.45) is 0 Å². The first-order valence-corrected chi connectivity index (χ1v) is 7.81. The van der Waals surface area contributed by atoms with E-state index in [1.54, 1.807) is 0 Å². The molecule has 2 bridgehead atoms. The minimum Gasteiger partial charge on any atom is -0.383 e. The van der Waals surface area contributed by atoms with E-state index in [-0.39, 0.29) is 0 Å². The molecule has 2 N–H and O–H groups in total. The molecule has 0 spiro atoms. The third kappa shape index (κ3) is 2.06. The highest BCUT2D eigenvalue weighted by atomic mass is 79.9. The Morgan fingerprint density at radius 3 is 2.42 bits per heavy atom. The Hall–Kier alpha value is -0.720. The molecule has 3 aliphatic heterocycles. The zero-order chi connectivity index (χ0) is 13.0. The number of nitrogens with two attached hydrogens (primary N) is 1. The number of piperazine rings is 3. The molecule has 0 amide bonds. The van der Waals surface area contributed by atoms with Gasteiger partial charge in [0.05, 0.1) is 16.2 Å². The van der Waals surface area contributed by atoms with Crippen LogP contribution < -0.4 is 5.73 Å². The van der Waals surface area contributed by atoms with E-state index < -0.39 is 0 Å². The van der Waals surface area contributed by atoms with Gasteiger partial charge in [-0.3, -0.25) is 9.80 Å². The molecule has 5 rings (SSSR count). The Kier molecular flexibility index (Phi) is 2.79. The third-order valence-corrected chi connectivity index (χ3v) is 5.27. The van der Waals surface area contributed by atoms with Crippen molar-refractivity contribution in [1.82, 2.24) is 19.8 Å². The third-order valence-electron chi connectivity index (χ3n) is 4.46. The van der Waals surface area contributed by atoms with Gasteiger partial charge in [0, 0.05) is 38.6 Å². The van der Waals surface area contributed by atoms with Gasteiger partial charge in [-0.1, -0.05) is 0 Å². The molecule has 1 saturated carbocycles. The van der Waals surface area contributed by atoms with E-state index in [0.29, 0.717) is 17.8 Å². The second-order valence-corrected chi connectivity index (χ2v) is 6.59. The molecule has 5 nitrogen and oxygen atoms in total. The maximum Gasteiger partial charge on any atom is 0.149 e. The van der Waals surface area contributed by atoms with E-state index in [1.165, 1.54) is 25.9 Å². The average Bonchev–Trinajstić information content (AvgIpc) is 3.27. The molecule has 0 radical (unpaired) electrons. The van der Waals surface area contributed by atoms with Gasteiger partial charge in [-0.05, 0) is 28.8 Å². The van der Waals surface area contributed by atoms with Crippen molar-refractivity contribution in [2.45, 2.75) is 24.8 Å². The molecule has 4 fully saturated rings. The lowest BCUT2D eigenvalue weighted by Gasteiger charge is -2.46. The first-order chi connectivity index (χ1) is 9.22. The number of hydrogen-bond acceptors (Lipinski definition) is 5. The highest BCUT2D eigenvalue weighted by Gasteiger charge is 2.36. The molecular formula is C13H18BrN5. The molecule has 1 aliphatic carbocycles. The summed E-state index contributed by atoms with van der Waals surface area (Å²) in [4.78, 5) is 14.4. The summed E-state index contributed by atoms with van der Waals surface area (Å²) in [7, 11) is 0. The number of aromatic nitrogens is 2. The van der Waals surface area contributed by atoms with Crippen molar-refractivity contribution >= 4 is 21.7 Å². The first kappa shape index (κ1) is 12.1. The van der Waals surface area contributed by atoms with E-state index in [4.69, 9.17) is 10.7 Å². The topological polar surface area (TPSA) is 58.3 Å². The lowest BCUT2D eigenvalue weighted by molar-refractivity contribution is 0.00861. The predicted octanol–water partition coefficient (Wildman–Crippen LogP) is 1.37. The minimum absolute atomic E-state index is 0.329. The molecule has 1 aromatic rings. The lowest BCUT2D eigenvalue weighted by Crippen LogP contribution is -2.57. The average molecular weight is 324 g/mol. The summed E-state index contributed by atoms with van der Waals surface area (Å²) >= 11 is 3.55. The molecule has 19 heavy (non-hydrogen) atoms. The van der Waals surface area contributed by atoms with Crippen LogP contribution in [-0.2, 0) is 0 Å². The SMILES string of the molecule is Nc1nc(C2CN3CCN2CC3)nc(C2CC2)c1Br. The van der Waals surface area contributed by atoms with Gasteiger partial charge >= 0.3 is 0 Å². The molecule has 1 atom stereocenters. The Labute approximate surface area is 121 Å². The summed E-state index contributed by atoms with van der Waals surface area (Å²) in [6, 6.07) is 0.329. The van der Waals surface area contributed by atoms with Gasteiger partial charge in [-0.15, -0.1) is 0 Å². The Bertz CT molecular complexity index is 508. The van der Waals surface area contributed by atoms with Crippen molar-refractivity contribution in [2.75, 3.05) is 38.5 Å². The van der Waals surface area contributed by atoms with Crippen LogP contribution in [0.5, 0.6) is 0 Å². The number of anilines is 1. The summed E-state index contributed by atoms with van der Waals surface area (Å²) in [6.07, 6.45) is 2.46. The van der Waals surface area contributed by atoms with Crippen LogP contribution in [-0.4, -0.2) is 52.5 Å². The van der Waals surface area contributed by atoms with Crippen LogP contribution in [0, 0.1) is 0 Å². The number of rotatable bonds is 2. The van der Waals surface area contributed by atoms with Crippen molar-refractivity contribution < 1.29 is 0 Å². The fraction of sp³-hybridized carbons (Fsp3) is 0.692. The van der Waals surface area contributed by atoms with Crippen LogP contribution in [0.15, 0.2) is 4.47 Å². The molecule has 0 aromatic carbocycles. The van der Waals surface area contributed by atoms with Crippen molar-refractivity contribution in [3.05, 3.63) is 16.0 Å². The number of nitrogen functional groups attached to an aromatic ring is 1. The Morgan fingerprint density at radius 1 is 1.11 bits per heavy atom. The van der Waals surface area contributed by atoms with Gasteiger partial charge in [-0.2, -0.15) is 0 Å². The van der Waals surface area contributed by atoms with Crippen molar-refractivity contribution in [3.63, 3.8) is 0 Å². The van der Waals surface area contributed by atoms with Crippen LogP contribution in [0.2, 0.25) is 0 Å². The maximum absolute atomic E-state index is 6.06. The van der Waals surface area contributed by atoms with Gasteiger partial charge in [0.25, 0.3) is 0 Å². The molecule has 6 heteroatoms. The summed E-state index contributed by atoms with van der Waals surface area (Å²) in [6.45, 7) is 5.66. The van der Waals surface area contributed by atoms with Gasteiger partial charge in [-0.25, -0.2) is 9.97 Å². The number of hydrogen-bond donors (Lipinski definition) is 1. The van der Waals surface area contributed by atoms with Gasteiger partial charge in [0.1, 0.15) is 11.6 Å². The summed E-state index contributed by atoms with van der Waals surface area (Å²) < 4.78 is 0.912. The normalized spacial score (nSPS) is 33.6. The molecule has 102 valence electrons. The highest BCUT2D eigenvalue weighted by Crippen LogP contribution is 2.44. The van der Waals surface area contributed by atoms with Crippen molar-refractivity contribution in [3.8, 4) is 0 Å². The van der Waals surface area contributed by atoms with Crippen molar-refractivity contribution in [1.29, 1.82) is 0 Å². The van der Waals surface area contributed by atoms with E-state index in [9.17, 15) is 0 Å². The second kappa shape index (κ2) is 4.40. The first-order valence-electron chi connectivity index (χ1n) is 7.01. The quantitative estimate of drug-likeness (QED) is 0.890. The van der Waals surface area contributed by atoms with Gasteiger partial charge in [0.2, 0.25) is 0 Å². The van der Waals surface area contributed by atoms with Crippen LogP contribution in [0.1, 0.15) is 36.3 Å². The van der Waals surface area contributed by atoms with Gasteiger partial charge in [0.15, 0.2) is 0 Å². The molecule has 4 aliphatic rings. The standard InChI is InChI=1S/C13H18BrN5/c14-10-11(8-1-2-8)16-13(17-12(10)15)9-7-18-3-5-19(9)6-4-18/h8-9H,1-7H2,(H2,15,16,17). The predicted molar refractivity (Wildman–Crippen MR) is 76.9 cm³/mol. The van der Waals surface area contributed by atoms with Crippen LogP contribution >= 0.6 is 15.9 Å². The molecule has 1 unspecified atom stereocenters. The largest absolute Gasteiger partial charge is 0.383 e. The maximum atomic E-state index is 6.06. The molecular weight excluding hydrogens is 306 g/mol. The zero-order valence-electron chi connectivity index (χ0n) is 10.8. The second-order valence-electron chi connectivity index (χ2n) is 5.79. The van der Waals surface area contributed by atoms with E-state index in [2.05, 4.69) is 30.7 Å². The smallest absolute Gasteiger partial charge is 0.149 e. The Morgan fingerprint density at radius 2 is 1.84 bits per heavy atom. The van der Waals surface area contributed by atoms with Gasteiger partial charge < -0.3 is 5.73 Å². The number of nitrogens with zero attached hydrogens (tertiary/aromatic N) is 4. The summed E-state index contributed by atoms with van der Waals surface area (Å²) in [5.41, 5.74) is 7.19. The van der Waals surface area contributed by atoms with Crippen LogP contribution in [0.3, 0.4) is 0 Å². The molecule has 1 aromatic heterocycles. The lowest BCUT2D eigenvalue weighted by atomic mass is 10.1. The zero-order valence-corrected chi connectivity index (χ0v) is 12.4. The summed E-state index contributed by atoms with van der Waals surface area (Å²) in [5, 5.41) is 0. The van der Waals surface area contributed by atoms with E-state index in [1.807, 2.05) is 0 Å².